The predicted octanol–water partition coefficient (Wildman–Crippen LogP) is 12.5. The Bertz CT molecular complexity index is 2400. The maximum absolute atomic E-state index is 4.68. The molecular weight excluding hydrogens is 615 g/mol. The summed E-state index contributed by atoms with van der Waals surface area (Å²) in [5.74, 6) is 0. The summed E-state index contributed by atoms with van der Waals surface area (Å²) in [6.07, 6.45) is 3.84. The highest BCUT2D eigenvalue weighted by atomic mass is 14.7. The molecule has 0 radical (unpaired) electrons. The summed E-state index contributed by atoms with van der Waals surface area (Å²) in [7, 11) is 0. The second kappa shape index (κ2) is 11.9. The number of benzene rings is 7. The van der Waals surface area contributed by atoms with Crippen LogP contribution < -0.4 is 0 Å². The molecule has 1 nitrogen and oxygen atoms in total. The molecule has 0 N–H and O–H groups in total. The minimum Gasteiger partial charge on any atom is -0.256 e. The van der Waals surface area contributed by atoms with Gasteiger partial charge >= 0.3 is 0 Å². The Labute approximate surface area is 299 Å². The first kappa shape index (κ1) is 29.6. The van der Waals surface area contributed by atoms with E-state index in [0.29, 0.717) is 0 Å². The molecule has 51 heavy (non-hydrogen) atoms. The van der Waals surface area contributed by atoms with Gasteiger partial charge in [-0.25, -0.2) is 0 Å². The van der Waals surface area contributed by atoms with Gasteiger partial charge in [0.05, 0.1) is 5.69 Å². The molecule has 240 valence electrons. The van der Waals surface area contributed by atoms with Crippen molar-refractivity contribution < 1.29 is 0 Å². The van der Waals surface area contributed by atoms with Crippen LogP contribution in [0.3, 0.4) is 0 Å². The molecule has 0 saturated heterocycles. The molecule has 0 aliphatic heterocycles. The van der Waals surface area contributed by atoms with E-state index in [1.54, 1.807) is 0 Å². The van der Waals surface area contributed by atoms with E-state index in [2.05, 4.69) is 181 Å². The van der Waals surface area contributed by atoms with Crippen LogP contribution in [-0.4, -0.2) is 4.98 Å². The lowest BCUT2D eigenvalue weighted by atomic mass is 9.74. The molecule has 2 aliphatic carbocycles. The zero-order chi connectivity index (χ0) is 33.8. The Morgan fingerprint density at radius 2 is 0.765 bits per heavy atom. The molecular formula is C50H35N. The van der Waals surface area contributed by atoms with Crippen LogP contribution in [0.15, 0.2) is 188 Å². The van der Waals surface area contributed by atoms with Gasteiger partial charge in [0.2, 0.25) is 0 Å². The molecule has 10 rings (SSSR count). The highest BCUT2D eigenvalue weighted by molar-refractivity contribution is 5.88. The minimum atomic E-state index is -0.143. The van der Waals surface area contributed by atoms with Crippen molar-refractivity contribution in [2.24, 2.45) is 0 Å². The SMILES string of the molecule is c1ccc(-c2ccc(-c3ccc4c(c3)C3(Cc5ccc(-c6ccccn6)cc5C3)c3cc(-c5ccc(-c6ccccc6)cc5)ccc3-4)cc2)cc1. The highest BCUT2D eigenvalue weighted by Gasteiger charge is 2.47. The Balaban J connectivity index is 1.08. The Kier molecular flexibility index (Phi) is 6.92. The number of nitrogens with zero attached hydrogens (tertiary/aromatic N) is 1. The summed E-state index contributed by atoms with van der Waals surface area (Å²) < 4.78 is 0. The van der Waals surface area contributed by atoms with Crippen molar-refractivity contribution >= 4 is 0 Å². The summed E-state index contributed by atoms with van der Waals surface area (Å²) in [6, 6.07) is 66.9. The van der Waals surface area contributed by atoms with E-state index >= 15 is 0 Å². The van der Waals surface area contributed by atoms with Gasteiger partial charge in [-0.15, -0.1) is 0 Å². The Morgan fingerprint density at radius 3 is 1.27 bits per heavy atom. The lowest BCUT2D eigenvalue weighted by Gasteiger charge is -2.27. The van der Waals surface area contributed by atoms with Gasteiger partial charge in [-0.3, -0.25) is 4.98 Å². The standard InChI is InChI=1S/C50H35N/c1-3-9-34(10-4-1)36-14-18-38(19-15-36)40-24-26-45-46-27-25-41(39-20-16-37(17-21-39)35-11-5-2-6-12-35)31-48(46)50(47(45)30-40)32-43-23-22-42(29-44(43)33-50)49-13-7-8-28-51-49/h1-31H,32-33H2. The fourth-order valence-corrected chi connectivity index (χ4v) is 8.58. The highest BCUT2D eigenvalue weighted by Crippen LogP contribution is 2.57. The van der Waals surface area contributed by atoms with E-state index in [4.69, 9.17) is 0 Å². The lowest BCUT2D eigenvalue weighted by Crippen LogP contribution is -2.26. The summed E-state index contributed by atoms with van der Waals surface area (Å²) in [5.41, 5.74) is 20.5. The molecule has 1 heteroatoms. The van der Waals surface area contributed by atoms with Gasteiger partial charge in [0, 0.05) is 17.2 Å². The summed E-state index contributed by atoms with van der Waals surface area (Å²) in [5, 5.41) is 0. The molecule has 2 aliphatic rings. The molecule has 0 bridgehead atoms. The van der Waals surface area contributed by atoms with Crippen molar-refractivity contribution in [3.63, 3.8) is 0 Å². The molecule has 0 amide bonds. The van der Waals surface area contributed by atoms with Crippen molar-refractivity contribution in [3.05, 3.63) is 210 Å². The second-order valence-corrected chi connectivity index (χ2v) is 14.0. The Morgan fingerprint density at radius 1 is 0.333 bits per heavy atom. The van der Waals surface area contributed by atoms with Crippen molar-refractivity contribution in [3.8, 4) is 66.9 Å². The lowest BCUT2D eigenvalue weighted by molar-refractivity contribution is 0.564. The number of hydrogen-bond acceptors (Lipinski definition) is 1. The fraction of sp³-hybridized carbons (Fsp3) is 0.0600. The normalized spacial score (nSPS) is 13.5. The summed E-state index contributed by atoms with van der Waals surface area (Å²) >= 11 is 0. The van der Waals surface area contributed by atoms with Gasteiger partial charge < -0.3 is 0 Å². The summed E-state index contributed by atoms with van der Waals surface area (Å²) in [6.45, 7) is 0. The maximum atomic E-state index is 4.68. The molecule has 1 heterocycles. The first-order valence-electron chi connectivity index (χ1n) is 17.9. The number of aromatic nitrogens is 1. The maximum Gasteiger partial charge on any atom is 0.0702 e. The third kappa shape index (κ3) is 5.04. The predicted molar refractivity (Wildman–Crippen MR) is 211 cm³/mol. The first-order chi connectivity index (χ1) is 25.2. The quantitative estimate of drug-likeness (QED) is 0.181. The van der Waals surface area contributed by atoms with Crippen LogP contribution in [-0.2, 0) is 18.3 Å². The van der Waals surface area contributed by atoms with Crippen LogP contribution in [0.4, 0.5) is 0 Å². The monoisotopic (exact) mass is 649 g/mol. The van der Waals surface area contributed by atoms with Crippen LogP contribution in [0.25, 0.3) is 66.9 Å². The number of fused-ring (bicyclic) bond motifs is 6. The van der Waals surface area contributed by atoms with E-state index in [1.807, 2.05) is 12.3 Å². The van der Waals surface area contributed by atoms with E-state index in [-0.39, 0.29) is 5.41 Å². The molecule has 0 fully saturated rings. The van der Waals surface area contributed by atoms with Crippen molar-refractivity contribution in [2.45, 2.75) is 18.3 Å². The third-order valence-corrected chi connectivity index (χ3v) is 11.2. The Hall–Kier alpha value is -6.31. The van der Waals surface area contributed by atoms with Crippen LogP contribution >= 0.6 is 0 Å². The van der Waals surface area contributed by atoms with Gasteiger partial charge in [-0.05, 0) is 121 Å². The van der Waals surface area contributed by atoms with Crippen LogP contribution in [0, 0.1) is 0 Å². The van der Waals surface area contributed by atoms with Crippen molar-refractivity contribution in [1.82, 2.24) is 4.98 Å². The molecule has 1 aromatic heterocycles. The zero-order valence-corrected chi connectivity index (χ0v) is 28.3. The van der Waals surface area contributed by atoms with Gasteiger partial charge in [-0.1, -0.05) is 152 Å². The number of pyridine rings is 1. The smallest absolute Gasteiger partial charge is 0.0702 e. The van der Waals surface area contributed by atoms with Crippen molar-refractivity contribution in [2.75, 3.05) is 0 Å². The molecule has 0 saturated carbocycles. The fourth-order valence-electron chi connectivity index (χ4n) is 8.58. The van der Waals surface area contributed by atoms with E-state index in [9.17, 15) is 0 Å². The summed E-state index contributed by atoms with van der Waals surface area (Å²) in [4.78, 5) is 4.68. The average molecular weight is 650 g/mol. The number of rotatable bonds is 5. The van der Waals surface area contributed by atoms with Crippen LogP contribution in [0.2, 0.25) is 0 Å². The minimum absolute atomic E-state index is 0.143. The molecule has 0 unspecified atom stereocenters. The van der Waals surface area contributed by atoms with E-state index < -0.39 is 0 Å². The third-order valence-electron chi connectivity index (χ3n) is 11.2. The molecule has 1 spiro atoms. The average Bonchev–Trinajstić information content (AvgIpc) is 3.73. The zero-order valence-electron chi connectivity index (χ0n) is 28.3. The van der Waals surface area contributed by atoms with Gasteiger partial charge in [0.25, 0.3) is 0 Å². The van der Waals surface area contributed by atoms with Gasteiger partial charge in [0.1, 0.15) is 0 Å². The first-order valence-corrected chi connectivity index (χ1v) is 17.9. The second-order valence-electron chi connectivity index (χ2n) is 14.0. The molecule has 7 aromatic carbocycles. The largest absolute Gasteiger partial charge is 0.256 e. The van der Waals surface area contributed by atoms with Gasteiger partial charge in [0.15, 0.2) is 0 Å². The number of hydrogen-bond donors (Lipinski definition) is 0. The van der Waals surface area contributed by atoms with Crippen LogP contribution in [0.5, 0.6) is 0 Å². The topological polar surface area (TPSA) is 12.9 Å². The van der Waals surface area contributed by atoms with E-state index in [1.165, 1.54) is 83.5 Å². The van der Waals surface area contributed by atoms with E-state index in [0.717, 1.165) is 18.5 Å². The van der Waals surface area contributed by atoms with Crippen molar-refractivity contribution in [1.29, 1.82) is 0 Å². The molecule has 0 atom stereocenters. The molecule has 8 aromatic rings. The van der Waals surface area contributed by atoms with Crippen LogP contribution in [0.1, 0.15) is 22.3 Å². The van der Waals surface area contributed by atoms with Gasteiger partial charge in [-0.2, -0.15) is 0 Å².